The molecule has 3 heteroatoms. The van der Waals surface area contributed by atoms with E-state index in [0.717, 1.165) is 31.1 Å². The van der Waals surface area contributed by atoms with E-state index >= 15 is 0 Å². The second-order valence-electron chi connectivity index (χ2n) is 4.82. The van der Waals surface area contributed by atoms with Crippen LogP contribution < -0.4 is 5.32 Å². The van der Waals surface area contributed by atoms with Gasteiger partial charge in [0.05, 0.1) is 0 Å². The van der Waals surface area contributed by atoms with Crippen molar-refractivity contribution in [2.75, 3.05) is 40.4 Å². The smallest absolute Gasteiger partial charge is 0.0469 e. The second-order valence-corrected chi connectivity index (χ2v) is 4.82. The van der Waals surface area contributed by atoms with Crippen LogP contribution in [0.3, 0.4) is 0 Å². The minimum Gasteiger partial charge on any atom is -0.381 e. The first-order valence-electron chi connectivity index (χ1n) is 5.74. The van der Waals surface area contributed by atoms with Gasteiger partial charge in [-0.2, -0.15) is 0 Å². The van der Waals surface area contributed by atoms with Crippen LogP contribution in [-0.4, -0.2) is 51.3 Å². The number of hydrogen-bond donors (Lipinski definition) is 1. The van der Waals surface area contributed by atoms with E-state index in [1.54, 1.807) is 0 Å². The Hall–Kier alpha value is -0.120. The van der Waals surface area contributed by atoms with Crippen LogP contribution in [0.15, 0.2) is 0 Å². The summed E-state index contributed by atoms with van der Waals surface area (Å²) in [4.78, 5) is 2.42. The molecule has 1 N–H and O–H groups in total. The topological polar surface area (TPSA) is 24.5 Å². The van der Waals surface area contributed by atoms with Crippen LogP contribution in [-0.2, 0) is 4.74 Å². The highest BCUT2D eigenvalue weighted by Crippen LogP contribution is 2.28. The molecule has 2 fully saturated rings. The van der Waals surface area contributed by atoms with Gasteiger partial charge in [0.25, 0.3) is 0 Å². The molecule has 14 heavy (non-hydrogen) atoms. The van der Waals surface area contributed by atoms with Gasteiger partial charge in [0.2, 0.25) is 0 Å². The minimum absolute atomic E-state index is 0.764. The van der Waals surface area contributed by atoms with Gasteiger partial charge in [0.15, 0.2) is 0 Å². The predicted molar refractivity (Wildman–Crippen MR) is 57.4 cm³/mol. The van der Waals surface area contributed by atoms with Crippen molar-refractivity contribution in [1.82, 2.24) is 10.2 Å². The molecular formula is C11H22N2O. The summed E-state index contributed by atoms with van der Waals surface area (Å²) in [5, 5.41) is 3.38. The summed E-state index contributed by atoms with van der Waals surface area (Å²) in [5.41, 5.74) is 0. The average molecular weight is 198 g/mol. The first-order chi connectivity index (χ1) is 6.79. The lowest BCUT2D eigenvalue weighted by atomic mass is 9.80. The van der Waals surface area contributed by atoms with Gasteiger partial charge in [-0.25, -0.2) is 0 Å². The lowest BCUT2D eigenvalue weighted by molar-refractivity contribution is 0.0118. The Kier molecular flexibility index (Phi) is 3.42. The Labute approximate surface area is 86.8 Å². The summed E-state index contributed by atoms with van der Waals surface area (Å²) in [6.45, 7) is 4.35. The maximum atomic E-state index is 5.43. The highest BCUT2D eigenvalue weighted by molar-refractivity contribution is 4.91. The predicted octanol–water partition coefficient (Wildman–Crippen LogP) is 0.563. The molecule has 0 spiro atoms. The van der Waals surface area contributed by atoms with E-state index in [1.807, 2.05) is 0 Å². The lowest BCUT2D eigenvalue weighted by Gasteiger charge is -2.44. The van der Waals surface area contributed by atoms with Crippen molar-refractivity contribution >= 4 is 0 Å². The average Bonchev–Trinajstić information content (AvgIpc) is 2.12. The molecular weight excluding hydrogens is 176 g/mol. The van der Waals surface area contributed by atoms with Crippen molar-refractivity contribution in [3.63, 3.8) is 0 Å². The summed E-state index contributed by atoms with van der Waals surface area (Å²) in [6, 6.07) is 0.764. The van der Waals surface area contributed by atoms with Crippen molar-refractivity contribution in [1.29, 1.82) is 0 Å². The van der Waals surface area contributed by atoms with Crippen LogP contribution in [0.25, 0.3) is 0 Å². The van der Waals surface area contributed by atoms with Gasteiger partial charge in [-0.05, 0) is 38.8 Å². The molecule has 0 aromatic rings. The maximum Gasteiger partial charge on any atom is 0.0469 e. The molecule has 0 aromatic carbocycles. The van der Waals surface area contributed by atoms with Crippen molar-refractivity contribution in [3.05, 3.63) is 0 Å². The van der Waals surface area contributed by atoms with E-state index in [0.29, 0.717) is 0 Å². The summed E-state index contributed by atoms with van der Waals surface area (Å²) in [6.07, 6.45) is 2.50. The largest absolute Gasteiger partial charge is 0.381 e. The van der Waals surface area contributed by atoms with Crippen LogP contribution >= 0.6 is 0 Å². The van der Waals surface area contributed by atoms with Crippen LogP contribution in [0, 0.1) is 11.8 Å². The van der Waals surface area contributed by atoms with E-state index in [9.17, 15) is 0 Å². The Morgan fingerprint density at radius 1 is 1.14 bits per heavy atom. The minimum atomic E-state index is 0.764. The molecule has 1 unspecified atom stereocenters. The third-order valence-electron chi connectivity index (χ3n) is 3.64. The summed E-state index contributed by atoms with van der Waals surface area (Å²) >= 11 is 0. The Balaban J connectivity index is 1.93. The monoisotopic (exact) mass is 198 g/mol. The number of hydrogen-bond acceptors (Lipinski definition) is 3. The lowest BCUT2D eigenvalue weighted by Crippen LogP contribution is -2.56. The van der Waals surface area contributed by atoms with Gasteiger partial charge in [-0.3, -0.25) is 0 Å². The quantitative estimate of drug-likeness (QED) is 0.717. The first-order valence-corrected chi connectivity index (χ1v) is 5.74. The van der Waals surface area contributed by atoms with Gasteiger partial charge in [-0.15, -0.1) is 0 Å². The molecule has 2 rings (SSSR count). The van der Waals surface area contributed by atoms with Gasteiger partial charge >= 0.3 is 0 Å². The van der Waals surface area contributed by atoms with Gasteiger partial charge < -0.3 is 15.0 Å². The van der Waals surface area contributed by atoms with Crippen molar-refractivity contribution in [2.24, 2.45) is 11.8 Å². The highest BCUT2D eigenvalue weighted by atomic mass is 16.5. The van der Waals surface area contributed by atoms with Crippen LogP contribution in [0.5, 0.6) is 0 Å². The van der Waals surface area contributed by atoms with Crippen molar-refractivity contribution in [2.45, 2.75) is 18.9 Å². The molecule has 1 atom stereocenters. The van der Waals surface area contributed by atoms with Crippen molar-refractivity contribution in [3.8, 4) is 0 Å². The number of rotatable bonds is 3. The molecule has 0 saturated carbocycles. The zero-order valence-electron chi connectivity index (χ0n) is 9.33. The fourth-order valence-corrected chi connectivity index (χ4v) is 2.84. The Morgan fingerprint density at radius 2 is 1.79 bits per heavy atom. The molecule has 2 heterocycles. The molecule has 2 aliphatic heterocycles. The van der Waals surface area contributed by atoms with Crippen LogP contribution in [0.2, 0.25) is 0 Å². The zero-order valence-corrected chi connectivity index (χ0v) is 9.33. The maximum absolute atomic E-state index is 5.43. The molecule has 0 bridgehead atoms. The van der Waals surface area contributed by atoms with E-state index in [-0.39, 0.29) is 0 Å². The molecule has 0 amide bonds. The SMILES string of the molecule is CN(C)C(C1CCOCC1)C1CNC1. The summed E-state index contributed by atoms with van der Waals surface area (Å²) < 4.78 is 5.43. The normalized spacial score (nSPS) is 27.6. The number of ether oxygens (including phenoxy) is 1. The van der Waals surface area contributed by atoms with Gasteiger partial charge in [0, 0.05) is 32.3 Å². The van der Waals surface area contributed by atoms with E-state index in [4.69, 9.17) is 4.74 Å². The second kappa shape index (κ2) is 4.60. The summed E-state index contributed by atoms with van der Waals surface area (Å²) in [7, 11) is 4.44. The Bertz CT molecular complexity index is 174. The van der Waals surface area contributed by atoms with E-state index in [2.05, 4.69) is 24.3 Å². The third-order valence-corrected chi connectivity index (χ3v) is 3.64. The standard InChI is InChI=1S/C11H22N2O/c1-13(2)11(10-7-12-8-10)9-3-5-14-6-4-9/h9-12H,3-8H2,1-2H3. The molecule has 0 aliphatic carbocycles. The van der Waals surface area contributed by atoms with Gasteiger partial charge in [0.1, 0.15) is 0 Å². The molecule has 0 aromatic heterocycles. The van der Waals surface area contributed by atoms with E-state index < -0.39 is 0 Å². The van der Waals surface area contributed by atoms with Crippen LogP contribution in [0.1, 0.15) is 12.8 Å². The molecule has 82 valence electrons. The molecule has 2 aliphatic rings. The van der Waals surface area contributed by atoms with Crippen molar-refractivity contribution < 1.29 is 4.74 Å². The van der Waals surface area contributed by atoms with E-state index in [1.165, 1.54) is 25.9 Å². The summed E-state index contributed by atoms with van der Waals surface area (Å²) in [5.74, 6) is 1.72. The Morgan fingerprint density at radius 3 is 2.21 bits per heavy atom. The zero-order chi connectivity index (χ0) is 9.97. The fraction of sp³-hybridized carbons (Fsp3) is 1.00. The van der Waals surface area contributed by atoms with Gasteiger partial charge in [-0.1, -0.05) is 0 Å². The van der Waals surface area contributed by atoms with Crippen LogP contribution in [0.4, 0.5) is 0 Å². The molecule has 3 nitrogen and oxygen atoms in total. The third kappa shape index (κ3) is 2.10. The number of nitrogens with zero attached hydrogens (tertiary/aromatic N) is 1. The first kappa shape index (κ1) is 10.4. The fourth-order valence-electron chi connectivity index (χ4n) is 2.84. The molecule has 2 saturated heterocycles. The number of nitrogens with one attached hydrogen (secondary N) is 1. The molecule has 0 radical (unpaired) electrons. The highest BCUT2D eigenvalue weighted by Gasteiger charge is 2.35.